The summed E-state index contributed by atoms with van der Waals surface area (Å²) in [7, 11) is 0. The number of likely N-dealkylation sites (tertiary alicyclic amines) is 1. The normalized spacial score (nSPS) is 25.6. The van der Waals surface area contributed by atoms with Crippen LogP contribution in [0.25, 0.3) is 0 Å². The van der Waals surface area contributed by atoms with Gasteiger partial charge in [0.25, 0.3) is 0 Å². The van der Waals surface area contributed by atoms with Crippen LogP contribution >= 0.6 is 0 Å². The highest BCUT2D eigenvalue weighted by Crippen LogP contribution is 2.36. The topological polar surface area (TPSA) is 72.8 Å². The van der Waals surface area contributed by atoms with Crippen molar-refractivity contribution in [1.29, 1.82) is 0 Å². The number of amides is 1. The zero-order valence-corrected chi connectivity index (χ0v) is 18.9. The first kappa shape index (κ1) is 21.3. The number of carbonyl (C=O) groups is 1. The minimum absolute atomic E-state index is 0.186. The standard InChI is InChI=1S/C25H33N5O2/c1-24(8-14-29(15-9-24)23-26-11-4-12-27-23)22(31)30-16-10-25(32,19-30)18-28-13-7-20-5-2-3-6-21(20)17-28/h2-6,11-12,32H,7-10,13-19H2,1H3/t25-/m1/s1. The third-order valence-electron chi connectivity index (χ3n) is 7.57. The molecule has 0 spiro atoms. The molecule has 5 rings (SSSR count). The highest BCUT2D eigenvalue weighted by Gasteiger charge is 2.46. The van der Waals surface area contributed by atoms with Crippen LogP contribution in [0.3, 0.4) is 0 Å². The maximum absolute atomic E-state index is 13.5. The maximum Gasteiger partial charge on any atom is 0.228 e. The van der Waals surface area contributed by atoms with Crippen molar-refractivity contribution < 1.29 is 9.90 Å². The molecule has 2 fully saturated rings. The third-order valence-corrected chi connectivity index (χ3v) is 7.57. The lowest BCUT2D eigenvalue weighted by atomic mass is 9.79. The van der Waals surface area contributed by atoms with Crippen LogP contribution in [-0.4, -0.2) is 75.7 Å². The molecule has 1 amide bonds. The molecule has 0 radical (unpaired) electrons. The fourth-order valence-corrected chi connectivity index (χ4v) is 5.51. The summed E-state index contributed by atoms with van der Waals surface area (Å²) in [5.41, 5.74) is 1.56. The maximum atomic E-state index is 13.5. The van der Waals surface area contributed by atoms with E-state index in [1.54, 1.807) is 12.4 Å². The number of aliphatic hydroxyl groups is 1. The van der Waals surface area contributed by atoms with E-state index < -0.39 is 5.60 Å². The van der Waals surface area contributed by atoms with Gasteiger partial charge in [0.15, 0.2) is 0 Å². The summed E-state index contributed by atoms with van der Waals surface area (Å²) in [5, 5.41) is 11.3. The Morgan fingerprint density at radius 3 is 2.47 bits per heavy atom. The lowest BCUT2D eigenvalue weighted by Gasteiger charge is -2.40. The molecule has 1 aromatic heterocycles. The summed E-state index contributed by atoms with van der Waals surface area (Å²) in [6, 6.07) is 10.4. The van der Waals surface area contributed by atoms with Crippen molar-refractivity contribution in [3.8, 4) is 0 Å². The van der Waals surface area contributed by atoms with Crippen molar-refractivity contribution in [3.05, 3.63) is 53.9 Å². The second-order valence-electron chi connectivity index (χ2n) is 10.0. The predicted molar refractivity (Wildman–Crippen MR) is 123 cm³/mol. The number of rotatable bonds is 4. The fourth-order valence-electron chi connectivity index (χ4n) is 5.51. The average molecular weight is 436 g/mol. The van der Waals surface area contributed by atoms with Crippen molar-refractivity contribution in [3.63, 3.8) is 0 Å². The number of anilines is 1. The zero-order chi connectivity index (χ0) is 22.2. The van der Waals surface area contributed by atoms with Crippen LogP contribution in [0, 0.1) is 5.41 Å². The molecule has 1 aromatic carbocycles. The minimum Gasteiger partial charge on any atom is -0.387 e. The number of fused-ring (bicyclic) bond motifs is 1. The van der Waals surface area contributed by atoms with Gasteiger partial charge in [-0.1, -0.05) is 31.2 Å². The smallest absolute Gasteiger partial charge is 0.228 e. The van der Waals surface area contributed by atoms with E-state index in [1.807, 2.05) is 11.0 Å². The summed E-state index contributed by atoms with van der Waals surface area (Å²) in [5.74, 6) is 0.923. The Morgan fingerprint density at radius 2 is 1.72 bits per heavy atom. The van der Waals surface area contributed by atoms with Crippen LogP contribution in [0.15, 0.2) is 42.7 Å². The van der Waals surface area contributed by atoms with Gasteiger partial charge in [-0.05, 0) is 42.9 Å². The van der Waals surface area contributed by atoms with Gasteiger partial charge in [0.1, 0.15) is 0 Å². The van der Waals surface area contributed by atoms with Gasteiger partial charge in [0, 0.05) is 57.1 Å². The van der Waals surface area contributed by atoms with Gasteiger partial charge in [-0.3, -0.25) is 9.69 Å². The first-order valence-electron chi connectivity index (χ1n) is 11.8. The number of carbonyl (C=O) groups excluding carboxylic acids is 1. The summed E-state index contributed by atoms with van der Waals surface area (Å²) < 4.78 is 0. The number of piperidine rings is 1. The van der Waals surface area contributed by atoms with Crippen LogP contribution in [-0.2, 0) is 17.8 Å². The lowest BCUT2D eigenvalue weighted by molar-refractivity contribution is -0.142. The van der Waals surface area contributed by atoms with E-state index in [0.29, 0.717) is 26.1 Å². The van der Waals surface area contributed by atoms with Crippen LogP contribution < -0.4 is 4.90 Å². The number of β-amino-alcohol motifs (C(OH)–C–C–N with tert-alkyl or cyclic N) is 1. The number of hydrogen-bond acceptors (Lipinski definition) is 6. The molecule has 0 aliphatic carbocycles. The van der Waals surface area contributed by atoms with E-state index in [2.05, 4.69) is 51.0 Å². The van der Waals surface area contributed by atoms with E-state index in [0.717, 1.165) is 51.4 Å². The summed E-state index contributed by atoms with van der Waals surface area (Å²) in [6.07, 6.45) is 6.75. The van der Waals surface area contributed by atoms with Crippen molar-refractivity contribution in [2.24, 2.45) is 5.41 Å². The van der Waals surface area contributed by atoms with Crippen molar-refractivity contribution in [1.82, 2.24) is 19.8 Å². The second-order valence-corrected chi connectivity index (χ2v) is 10.0. The molecule has 170 valence electrons. The number of benzene rings is 1. The number of nitrogens with zero attached hydrogens (tertiary/aromatic N) is 5. The Kier molecular flexibility index (Phi) is 5.63. The van der Waals surface area contributed by atoms with Gasteiger partial charge in [-0.15, -0.1) is 0 Å². The number of aromatic nitrogens is 2. The average Bonchev–Trinajstić information content (AvgIpc) is 3.21. The highest BCUT2D eigenvalue weighted by atomic mass is 16.3. The van der Waals surface area contributed by atoms with Crippen LogP contribution in [0.4, 0.5) is 5.95 Å². The molecule has 7 nitrogen and oxygen atoms in total. The Bertz CT molecular complexity index is 960. The quantitative estimate of drug-likeness (QED) is 0.793. The molecule has 2 saturated heterocycles. The Morgan fingerprint density at radius 1 is 1.00 bits per heavy atom. The summed E-state index contributed by atoms with van der Waals surface area (Å²) in [6.45, 7) is 7.17. The third kappa shape index (κ3) is 4.24. The molecule has 0 unspecified atom stereocenters. The predicted octanol–water partition coefficient (Wildman–Crippen LogP) is 2.10. The largest absolute Gasteiger partial charge is 0.387 e. The van der Waals surface area contributed by atoms with Gasteiger partial charge in [0.05, 0.1) is 12.1 Å². The van der Waals surface area contributed by atoms with Gasteiger partial charge in [-0.25, -0.2) is 9.97 Å². The fraction of sp³-hybridized carbons (Fsp3) is 0.560. The van der Waals surface area contributed by atoms with Gasteiger partial charge < -0.3 is 14.9 Å². The van der Waals surface area contributed by atoms with Crippen molar-refractivity contribution in [2.45, 2.75) is 44.8 Å². The number of hydrogen-bond donors (Lipinski definition) is 1. The molecule has 32 heavy (non-hydrogen) atoms. The summed E-state index contributed by atoms with van der Waals surface area (Å²) in [4.78, 5) is 28.6. The van der Waals surface area contributed by atoms with Crippen molar-refractivity contribution in [2.75, 3.05) is 44.2 Å². The van der Waals surface area contributed by atoms with Crippen LogP contribution in [0.5, 0.6) is 0 Å². The molecule has 0 saturated carbocycles. The molecule has 3 aliphatic rings. The van der Waals surface area contributed by atoms with E-state index >= 15 is 0 Å². The molecule has 7 heteroatoms. The molecular formula is C25H33N5O2. The Labute approximate surface area is 190 Å². The zero-order valence-electron chi connectivity index (χ0n) is 18.9. The molecule has 1 atom stereocenters. The van der Waals surface area contributed by atoms with E-state index in [9.17, 15) is 9.90 Å². The molecular weight excluding hydrogens is 402 g/mol. The van der Waals surface area contributed by atoms with Gasteiger partial charge in [0.2, 0.25) is 11.9 Å². The minimum atomic E-state index is -0.823. The highest BCUT2D eigenvalue weighted by molar-refractivity contribution is 5.83. The van der Waals surface area contributed by atoms with E-state index in [4.69, 9.17) is 0 Å². The molecule has 1 N–H and O–H groups in total. The summed E-state index contributed by atoms with van der Waals surface area (Å²) >= 11 is 0. The van der Waals surface area contributed by atoms with E-state index in [1.165, 1.54) is 11.1 Å². The van der Waals surface area contributed by atoms with Crippen molar-refractivity contribution >= 4 is 11.9 Å². The van der Waals surface area contributed by atoms with Gasteiger partial charge >= 0.3 is 0 Å². The monoisotopic (exact) mass is 435 g/mol. The van der Waals surface area contributed by atoms with Crippen LogP contribution in [0.1, 0.15) is 37.3 Å². The Balaban J connectivity index is 1.17. The SMILES string of the molecule is CC1(C(=O)N2CC[C@@](O)(CN3CCc4ccccc4C3)C2)CCN(c2ncccn2)CC1. The van der Waals surface area contributed by atoms with Gasteiger partial charge in [-0.2, -0.15) is 0 Å². The molecule has 2 aromatic rings. The second kappa shape index (κ2) is 8.45. The first-order chi connectivity index (χ1) is 15.4. The first-order valence-corrected chi connectivity index (χ1v) is 11.8. The molecule has 3 aliphatic heterocycles. The lowest BCUT2D eigenvalue weighted by Crippen LogP contribution is -2.51. The molecule has 4 heterocycles. The van der Waals surface area contributed by atoms with Crippen LogP contribution in [0.2, 0.25) is 0 Å². The molecule has 0 bridgehead atoms. The van der Waals surface area contributed by atoms with E-state index in [-0.39, 0.29) is 11.3 Å². The Hall–Kier alpha value is -2.51.